The lowest BCUT2D eigenvalue weighted by atomic mass is 10.2. The van der Waals surface area contributed by atoms with Crippen molar-refractivity contribution in [1.29, 1.82) is 0 Å². The van der Waals surface area contributed by atoms with Crippen LogP contribution in [0.3, 0.4) is 0 Å². The Labute approximate surface area is 178 Å². The van der Waals surface area contributed by atoms with Gasteiger partial charge in [0.1, 0.15) is 5.75 Å². The SMILES string of the molecule is CCn1c(SCC(=O)Nc2ccc(C(N)=O)cc2)nnc1[C@H](C)Oc1ccccc1. The van der Waals surface area contributed by atoms with Crippen LogP contribution >= 0.6 is 11.8 Å². The second-order valence-electron chi connectivity index (χ2n) is 6.44. The Hall–Kier alpha value is -3.33. The van der Waals surface area contributed by atoms with Gasteiger partial charge in [0.05, 0.1) is 5.75 Å². The molecule has 0 bridgehead atoms. The fourth-order valence-electron chi connectivity index (χ4n) is 2.81. The van der Waals surface area contributed by atoms with E-state index in [4.69, 9.17) is 10.5 Å². The predicted molar refractivity (Wildman–Crippen MR) is 115 cm³/mol. The highest BCUT2D eigenvalue weighted by Crippen LogP contribution is 2.24. The number of carbonyl (C=O) groups is 2. The average Bonchev–Trinajstić information content (AvgIpc) is 3.16. The summed E-state index contributed by atoms with van der Waals surface area (Å²) in [5.74, 6) is 0.929. The lowest BCUT2D eigenvalue weighted by molar-refractivity contribution is -0.113. The molecule has 8 nitrogen and oxygen atoms in total. The van der Waals surface area contributed by atoms with Crippen molar-refractivity contribution in [3.8, 4) is 5.75 Å². The number of nitrogens with one attached hydrogen (secondary N) is 1. The number of benzene rings is 2. The molecule has 0 saturated carbocycles. The number of nitrogens with two attached hydrogens (primary N) is 1. The zero-order chi connectivity index (χ0) is 21.5. The lowest BCUT2D eigenvalue weighted by Crippen LogP contribution is -2.16. The maximum Gasteiger partial charge on any atom is 0.248 e. The van der Waals surface area contributed by atoms with Gasteiger partial charge in [-0.2, -0.15) is 0 Å². The highest BCUT2D eigenvalue weighted by atomic mass is 32.2. The topological polar surface area (TPSA) is 112 Å². The maximum absolute atomic E-state index is 12.3. The normalized spacial score (nSPS) is 11.7. The number of anilines is 1. The van der Waals surface area contributed by atoms with Gasteiger partial charge >= 0.3 is 0 Å². The Bertz CT molecular complexity index is 1010. The van der Waals surface area contributed by atoms with Gasteiger partial charge in [-0.1, -0.05) is 30.0 Å². The van der Waals surface area contributed by atoms with Crippen LogP contribution in [0.2, 0.25) is 0 Å². The minimum atomic E-state index is -0.511. The van der Waals surface area contributed by atoms with Crippen molar-refractivity contribution in [2.24, 2.45) is 5.73 Å². The van der Waals surface area contributed by atoms with Crippen molar-refractivity contribution in [3.63, 3.8) is 0 Å². The Morgan fingerprint density at radius 1 is 1.13 bits per heavy atom. The molecule has 156 valence electrons. The van der Waals surface area contributed by atoms with E-state index < -0.39 is 5.91 Å². The van der Waals surface area contributed by atoms with Crippen LogP contribution in [0.5, 0.6) is 5.75 Å². The van der Waals surface area contributed by atoms with Crippen LogP contribution in [0.4, 0.5) is 5.69 Å². The minimum Gasteiger partial charge on any atom is -0.483 e. The summed E-state index contributed by atoms with van der Waals surface area (Å²) < 4.78 is 7.88. The molecule has 1 atom stereocenters. The maximum atomic E-state index is 12.3. The first-order valence-corrected chi connectivity index (χ1v) is 10.4. The second-order valence-corrected chi connectivity index (χ2v) is 7.38. The zero-order valence-corrected chi connectivity index (χ0v) is 17.6. The molecule has 0 spiro atoms. The van der Waals surface area contributed by atoms with Crippen molar-refractivity contribution in [3.05, 3.63) is 66.0 Å². The van der Waals surface area contributed by atoms with Crippen molar-refractivity contribution >= 4 is 29.3 Å². The molecule has 0 unspecified atom stereocenters. The lowest BCUT2D eigenvalue weighted by Gasteiger charge is -2.15. The molecule has 3 rings (SSSR count). The van der Waals surface area contributed by atoms with Crippen molar-refractivity contribution in [2.45, 2.75) is 31.7 Å². The number of amides is 2. The number of aromatic nitrogens is 3. The molecule has 1 heterocycles. The van der Waals surface area contributed by atoms with Gasteiger partial charge in [-0.15, -0.1) is 10.2 Å². The molecule has 0 saturated heterocycles. The smallest absolute Gasteiger partial charge is 0.248 e. The van der Waals surface area contributed by atoms with Gasteiger partial charge in [0.25, 0.3) is 0 Å². The molecule has 3 N–H and O–H groups in total. The van der Waals surface area contributed by atoms with E-state index in [0.717, 1.165) is 5.75 Å². The predicted octanol–water partition coefficient (Wildman–Crippen LogP) is 3.27. The number of nitrogens with zero attached hydrogens (tertiary/aromatic N) is 3. The fraction of sp³-hybridized carbons (Fsp3) is 0.238. The quantitative estimate of drug-likeness (QED) is 0.509. The fourth-order valence-corrected chi connectivity index (χ4v) is 3.62. The van der Waals surface area contributed by atoms with Crippen LogP contribution in [-0.4, -0.2) is 32.3 Å². The third-order valence-electron chi connectivity index (χ3n) is 4.27. The van der Waals surface area contributed by atoms with E-state index in [2.05, 4.69) is 15.5 Å². The third kappa shape index (κ3) is 5.38. The third-order valence-corrected chi connectivity index (χ3v) is 5.23. The Balaban J connectivity index is 1.60. The zero-order valence-electron chi connectivity index (χ0n) is 16.7. The largest absolute Gasteiger partial charge is 0.483 e. The summed E-state index contributed by atoms with van der Waals surface area (Å²) in [7, 11) is 0. The van der Waals surface area contributed by atoms with Crippen LogP contribution in [0.1, 0.15) is 36.1 Å². The van der Waals surface area contributed by atoms with Crippen molar-refractivity contribution in [1.82, 2.24) is 14.8 Å². The molecule has 0 aliphatic heterocycles. The Morgan fingerprint density at radius 2 is 1.83 bits per heavy atom. The van der Waals surface area contributed by atoms with E-state index in [1.807, 2.05) is 48.7 Å². The molecule has 1 aromatic heterocycles. The molecule has 3 aromatic rings. The first-order chi connectivity index (χ1) is 14.5. The van der Waals surface area contributed by atoms with E-state index in [-0.39, 0.29) is 17.8 Å². The van der Waals surface area contributed by atoms with E-state index >= 15 is 0 Å². The molecule has 0 radical (unpaired) electrons. The highest BCUT2D eigenvalue weighted by molar-refractivity contribution is 7.99. The van der Waals surface area contributed by atoms with E-state index in [1.54, 1.807) is 24.3 Å². The number of thioether (sulfide) groups is 1. The van der Waals surface area contributed by atoms with Crippen molar-refractivity contribution in [2.75, 3.05) is 11.1 Å². The van der Waals surface area contributed by atoms with Gasteiger partial charge < -0.3 is 20.4 Å². The van der Waals surface area contributed by atoms with Crippen LogP contribution in [-0.2, 0) is 11.3 Å². The molecule has 0 fully saturated rings. The monoisotopic (exact) mass is 425 g/mol. The summed E-state index contributed by atoms with van der Waals surface area (Å²) >= 11 is 1.30. The summed E-state index contributed by atoms with van der Waals surface area (Å²) in [6.07, 6.45) is -0.285. The second kappa shape index (κ2) is 9.93. The molecule has 2 amide bonds. The summed E-state index contributed by atoms with van der Waals surface area (Å²) in [5.41, 5.74) is 6.19. The summed E-state index contributed by atoms with van der Waals surface area (Å²) in [4.78, 5) is 23.4. The van der Waals surface area contributed by atoms with E-state index in [1.165, 1.54) is 11.8 Å². The summed E-state index contributed by atoms with van der Waals surface area (Å²) in [5, 5.41) is 11.9. The molecular weight excluding hydrogens is 402 g/mol. The van der Waals surface area contributed by atoms with E-state index in [0.29, 0.717) is 28.8 Å². The molecule has 2 aromatic carbocycles. The van der Waals surface area contributed by atoms with Crippen LogP contribution in [0.25, 0.3) is 0 Å². The standard InChI is InChI=1S/C21H23N5O3S/c1-3-26-20(14(2)29-17-7-5-4-6-8-17)24-25-21(26)30-13-18(27)23-16-11-9-15(10-12-16)19(22)28/h4-12,14H,3,13H2,1-2H3,(H2,22,28)(H,23,27)/t14-/m0/s1. The van der Waals surface area contributed by atoms with Crippen LogP contribution < -0.4 is 15.8 Å². The number of ether oxygens (including phenoxy) is 1. The van der Waals surface area contributed by atoms with Gasteiger partial charge in [-0.3, -0.25) is 9.59 Å². The number of para-hydroxylation sites is 1. The molecule has 0 aliphatic carbocycles. The number of hydrogen-bond donors (Lipinski definition) is 2. The molecule has 0 aliphatic rings. The number of rotatable bonds is 9. The van der Waals surface area contributed by atoms with Gasteiger partial charge in [-0.25, -0.2) is 0 Å². The van der Waals surface area contributed by atoms with E-state index in [9.17, 15) is 9.59 Å². The van der Waals surface area contributed by atoms with Crippen LogP contribution in [0.15, 0.2) is 59.8 Å². The molecule has 30 heavy (non-hydrogen) atoms. The number of hydrogen-bond acceptors (Lipinski definition) is 6. The van der Waals surface area contributed by atoms with Gasteiger partial charge in [0.2, 0.25) is 11.8 Å². The minimum absolute atomic E-state index is 0.170. The van der Waals surface area contributed by atoms with Gasteiger partial charge in [-0.05, 0) is 50.2 Å². The molecule has 9 heteroatoms. The molecular formula is C21H23N5O3S. The summed E-state index contributed by atoms with van der Waals surface area (Å²) in [6.45, 7) is 4.57. The summed E-state index contributed by atoms with van der Waals surface area (Å²) in [6, 6.07) is 15.9. The highest BCUT2D eigenvalue weighted by Gasteiger charge is 2.19. The Morgan fingerprint density at radius 3 is 2.47 bits per heavy atom. The first-order valence-electron chi connectivity index (χ1n) is 9.45. The number of carbonyl (C=O) groups excluding carboxylic acids is 2. The van der Waals surface area contributed by atoms with Gasteiger partial charge in [0.15, 0.2) is 17.1 Å². The average molecular weight is 426 g/mol. The van der Waals surface area contributed by atoms with Crippen molar-refractivity contribution < 1.29 is 14.3 Å². The first kappa shape index (κ1) is 21.4. The van der Waals surface area contributed by atoms with Crippen LogP contribution in [0, 0.1) is 0 Å². The Kier molecular flexibility index (Phi) is 7.08. The van der Waals surface area contributed by atoms with Gasteiger partial charge in [0, 0.05) is 17.8 Å². The number of primary amides is 1.